The smallest absolute Gasteiger partial charge is 0.307 e. The number of hydrogen-bond donors (Lipinski definition) is 2. The molecule has 0 radical (unpaired) electrons. The van der Waals surface area contributed by atoms with Crippen LogP contribution in [0.4, 0.5) is 0 Å². The molecule has 0 spiro atoms. The van der Waals surface area contributed by atoms with Crippen molar-refractivity contribution >= 4 is 5.97 Å². The lowest BCUT2D eigenvalue weighted by Crippen LogP contribution is -2.27. The molecule has 1 fully saturated rings. The van der Waals surface area contributed by atoms with Crippen LogP contribution in [0, 0.1) is 0 Å². The van der Waals surface area contributed by atoms with Gasteiger partial charge in [-0.05, 0) is 31.5 Å². The van der Waals surface area contributed by atoms with E-state index in [1.165, 1.54) is 0 Å². The van der Waals surface area contributed by atoms with E-state index < -0.39 is 5.97 Å². The van der Waals surface area contributed by atoms with Gasteiger partial charge in [0.05, 0.1) is 6.42 Å². The van der Waals surface area contributed by atoms with Crippen molar-refractivity contribution in [2.75, 3.05) is 13.1 Å². The van der Waals surface area contributed by atoms with Gasteiger partial charge >= 0.3 is 5.97 Å². The molecule has 0 bridgehead atoms. The number of carbonyl (C=O) groups is 1. The van der Waals surface area contributed by atoms with Crippen molar-refractivity contribution in [3.05, 3.63) is 23.8 Å². The molecule has 5 nitrogen and oxygen atoms in total. The summed E-state index contributed by atoms with van der Waals surface area (Å²) < 4.78 is 0. The lowest BCUT2D eigenvalue weighted by Gasteiger charge is -2.21. The molecule has 5 heteroatoms. The predicted octanol–water partition coefficient (Wildman–Crippen LogP) is 0.571. The zero-order valence-electron chi connectivity index (χ0n) is 9.02. The molecule has 86 valence electrons. The number of carboxylic acid groups (broad SMARTS) is 1. The maximum absolute atomic E-state index is 10.5. The standard InChI is InChI=1S/C11H15N3O2/c15-10(16)5-8-6-13-11(14-7-8)9-1-3-12-4-2-9/h6-7,9,12H,1-5H2,(H,15,16). The van der Waals surface area contributed by atoms with E-state index in [0.717, 1.165) is 31.8 Å². The summed E-state index contributed by atoms with van der Waals surface area (Å²) in [6, 6.07) is 0. The minimum atomic E-state index is -0.849. The van der Waals surface area contributed by atoms with Crippen LogP contribution in [0.1, 0.15) is 30.1 Å². The fourth-order valence-electron chi connectivity index (χ4n) is 1.92. The number of rotatable bonds is 3. The maximum atomic E-state index is 10.5. The molecule has 1 aliphatic rings. The highest BCUT2D eigenvalue weighted by molar-refractivity contribution is 5.69. The summed E-state index contributed by atoms with van der Waals surface area (Å²) in [7, 11) is 0. The van der Waals surface area contributed by atoms with Gasteiger partial charge in [0.1, 0.15) is 5.82 Å². The van der Waals surface area contributed by atoms with E-state index in [1.807, 2.05) is 0 Å². The first kappa shape index (κ1) is 11.0. The first-order chi connectivity index (χ1) is 7.75. The quantitative estimate of drug-likeness (QED) is 0.780. The van der Waals surface area contributed by atoms with Crippen LogP contribution in [0.2, 0.25) is 0 Å². The van der Waals surface area contributed by atoms with Gasteiger partial charge in [-0.1, -0.05) is 0 Å². The molecule has 1 saturated heterocycles. The normalized spacial score (nSPS) is 17.2. The molecule has 0 atom stereocenters. The molecule has 0 aliphatic carbocycles. The van der Waals surface area contributed by atoms with Crippen molar-refractivity contribution < 1.29 is 9.90 Å². The summed E-state index contributed by atoms with van der Waals surface area (Å²) in [4.78, 5) is 19.0. The number of piperidine rings is 1. The van der Waals surface area contributed by atoms with Gasteiger partial charge in [0.15, 0.2) is 0 Å². The Labute approximate surface area is 93.9 Å². The van der Waals surface area contributed by atoms with E-state index in [4.69, 9.17) is 5.11 Å². The van der Waals surface area contributed by atoms with Crippen LogP contribution < -0.4 is 5.32 Å². The molecule has 0 unspecified atom stereocenters. The molecule has 0 amide bonds. The first-order valence-electron chi connectivity index (χ1n) is 5.49. The summed E-state index contributed by atoms with van der Waals surface area (Å²) in [6.45, 7) is 2.01. The number of carboxylic acids is 1. The minimum Gasteiger partial charge on any atom is -0.481 e. The predicted molar refractivity (Wildman–Crippen MR) is 58.2 cm³/mol. The molecule has 0 aromatic carbocycles. The Hall–Kier alpha value is -1.49. The van der Waals surface area contributed by atoms with Crippen LogP contribution >= 0.6 is 0 Å². The van der Waals surface area contributed by atoms with Gasteiger partial charge in [0.2, 0.25) is 0 Å². The van der Waals surface area contributed by atoms with Gasteiger partial charge in [0.25, 0.3) is 0 Å². The Morgan fingerprint density at radius 2 is 2.00 bits per heavy atom. The highest BCUT2D eigenvalue weighted by atomic mass is 16.4. The van der Waals surface area contributed by atoms with E-state index in [-0.39, 0.29) is 6.42 Å². The van der Waals surface area contributed by atoms with Crippen molar-refractivity contribution in [1.82, 2.24) is 15.3 Å². The van der Waals surface area contributed by atoms with Crippen molar-refractivity contribution in [2.24, 2.45) is 0 Å². The SMILES string of the molecule is O=C(O)Cc1cnc(C2CCNCC2)nc1. The monoisotopic (exact) mass is 221 g/mol. The summed E-state index contributed by atoms with van der Waals surface area (Å²) in [5.41, 5.74) is 0.658. The van der Waals surface area contributed by atoms with Gasteiger partial charge < -0.3 is 10.4 Å². The largest absolute Gasteiger partial charge is 0.481 e. The highest BCUT2D eigenvalue weighted by Crippen LogP contribution is 2.21. The molecular weight excluding hydrogens is 206 g/mol. The molecule has 1 aromatic heterocycles. The molecule has 0 saturated carbocycles. The Morgan fingerprint density at radius 3 is 2.56 bits per heavy atom. The molecule has 2 N–H and O–H groups in total. The molecule has 16 heavy (non-hydrogen) atoms. The van der Waals surface area contributed by atoms with Crippen LogP contribution in [0.25, 0.3) is 0 Å². The summed E-state index contributed by atoms with van der Waals surface area (Å²) in [6.07, 6.45) is 5.35. The van der Waals surface area contributed by atoms with E-state index in [2.05, 4.69) is 15.3 Å². The van der Waals surface area contributed by atoms with Crippen molar-refractivity contribution in [3.8, 4) is 0 Å². The highest BCUT2D eigenvalue weighted by Gasteiger charge is 2.17. The second-order valence-electron chi connectivity index (χ2n) is 4.04. The fourth-order valence-corrected chi connectivity index (χ4v) is 1.92. The Kier molecular flexibility index (Phi) is 3.46. The van der Waals surface area contributed by atoms with Gasteiger partial charge in [-0.3, -0.25) is 4.79 Å². The van der Waals surface area contributed by atoms with Crippen molar-refractivity contribution in [3.63, 3.8) is 0 Å². The van der Waals surface area contributed by atoms with E-state index >= 15 is 0 Å². The van der Waals surface area contributed by atoms with E-state index in [9.17, 15) is 4.79 Å². The summed E-state index contributed by atoms with van der Waals surface area (Å²) >= 11 is 0. The van der Waals surface area contributed by atoms with Crippen LogP contribution in [-0.4, -0.2) is 34.1 Å². The van der Waals surface area contributed by atoms with Crippen LogP contribution in [0.15, 0.2) is 12.4 Å². The number of hydrogen-bond acceptors (Lipinski definition) is 4. The average Bonchev–Trinajstić information content (AvgIpc) is 2.30. The second-order valence-corrected chi connectivity index (χ2v) is 4.04. The lowest BCUT2D eigenvalue weighted by atomic mass is 9.97. The average molecular weight is 221 g/mol. The molecular formula is C11H15N3O2. The number of nitrogens with zero attached hydrogens (tertiary/aromatic N) is 2. The topological polar surface area (TPSA) is 75.1 Å². The van der Waals surface area contributed by atoms with Gasteiger partial charge in [0, 0.05) is 18.3 Å². The molecule has 2 heterocycles. The van der Waals surface area contributed by atoms with Crippen LogP contribution in [0.5, 0.6) is 0 Å². The van der Waals surface area contributed by atoms with Gasteiger partial charge in [-0.2, -0.15) is 0 Å². The van der Waals surface area contributed by atoms with Crippen molar-refractivity contribution in [2.45, 2.75) is 25.2 Å². The Morgan fingerprint density at radius 1 is 1.38 bits per heavy atom. The molecule has 1 aliphatic heterocycles. The summed E-state index contributed by atoms with van der Waals surface area (Å²) in [5, 5.41) is 11.9. The van der Waals surface area contributed by atoms with E-state index in [0.29, 0.717) is 11.5 Å². The van der Waals surface area contributed by atoms with Crippen LogP contribution in [0.3, 0.4) is 0 Å². The maximum Gasteiger partial charge on any atom is 0.307 e. The third-order valence-electron chi connectivity index (χ3n) is 2.78. The van der Waals surface area contributed by atoms with Gasteiger partial charge in [-0.25, -0.2) is 9.97 Å². The number of aliphatic carboxylic acids is 1. The summed E-state index contributed by atoms with van der Waals surface area (Å²) in [5.74, 6) is 0.411. The van der Waals surface area contributed by atoms with Crippen molar-refractivity contribution in [1.29, 1.82) is 0 Å². The van der Waals surface area contributed by atoms with Gasteiger partial charge in [-0.15, -0.1) is 0 Å². The fraction of sp³-hybridized carbons (Fsp3) is 0.545. The third kappa shape index (κ3) is 2.76. The lowest BCUT2D eigenvalue weighted by molar-refractivity contribution is -0.136. The van der Waals surface area contributed by atoms with Crippen LogP contribution in [-0.2, 0) is 11.2 Å². The number of aromatic nitrogens is 2. The zero-order chi connectivity index (χ0) is 11.4. The Balaban J connectivity index is 2.03. The number of nitrogens with one attached hydrogen (secondary N) is 1. The molecule has 2 rings (SSSR count). The Bertz CT molecular complexity index is 358. The zero-order valence-corrected chi connectivity index (χ0v) is 9.02. The molecule has 1 aromatic rings. The second kappa shape index (κ2) is 5.03. The minimum absolute atomic E-state index is 0.00744. The van der Waals surface area contributed by atoms with E-state index in [1.54, 1.807) is 12.4 Å². The third-order valence-corrected chi connectivity index (χ3v) is 2.78. The first-order valence-corrected chi connectivity index (χ1v) is 5.49.